The van der Waals surface area contributed by atoms with Gasteiger partial charge in [0.05, 0.1) is 24.7 Å². The molecule has 3 aromatic rings. The Labute approximate surface area is 246 Å². The quantitative estimate of drug-likeness (QED) is 0.311. The number of aliphatic carboxylic acids is 1. The Balaban J connectivity index is 1.35. The highest BCUT2D eigenvalue weighted by molar-refractivity contribution is 6.56. The first-order valence-electron chi connectivity index (χ1n) is 14.0. The molecule has 3 aromatic carbocycles. The highest BCUT2D eigenvalue weighted by atomic mass is 16.7. The number of carbonyl (C=O) groups is 2. The third-order valence-electron chi connectivity index (χ3n) is 8.33. The number of carbonyl (C=O) groups excluding carboxylic acids is 1. The Kier molecular flexibility index (Phi) is 8.17. The predicted molar refractivity (Wildman–Crippen MR) is 161 cm³/mol. The average Bonchev–Trinajstić information content (AvgIpc) is 3.38. The highest BCUT2D eigenvalue weighted by Crippen LogP contribution is 2.44. The van der Waals surface area contributed by atoms with E-state index in [1.54, 1.807) is 25.3 Å². The van der Waals surface area contributed by atoms with Crippen LogP contribution in [0.1, 0.15) is 55.9 Å². The Morgan fingerprint density at radius 1 is 0.952 bits per heavy atom. The summed E-state index contributed by atoms with van der Waals surface area (Å²) in [5.74, 6) is -0.431. The van der Waals surface area contributed by atoms with Gasteiger partial charge in [0.2, 0.25) is 0 Å². The fraction of sp³-hybridized carbons (Fsp3) is 0.333. The number of carboxylic acids is 1. The molecule has 0 radical (unpaired) electrons. The summed E-state index contributed by atoms with van der Waals surface area (Å²) in [6.07, 6.45) is 1.12. The molecule has 5 rings (SSSR count). The van der Waals surface area contributed by atoms with E-state index >= 15 is 0 Å². The van der Waals surface area contributed by atoms with Crippen LogP contribution in [0.15, 0.2) is 72.2 Å². The Morgan fingerprint density at radius 2 is 1.55 bits per heavy atom. The second-order valence-corrected chi connectivity index (χ2v) is 11.6. The molecule has 2 aliphatic rings. The molecule has 0 unspecified atom stereocenters. The Morgan fingerprint density at radius 3 is 2.12 bits per heavy atom. The Hall–Kier alpha value is -4.08. The van der Waals surface area contributed by atoms with Crippen LogP contribution in [-0.2, 0) is 25.3 Å². The van der Waals surface area contributed by atoms with Crippen LogP contribution < -0.4 is 10.1 Å². The number of amides is 1. The van der Waals surface area contributed by atoms with Gasteiger partial charge in [0.25, 0.3) is 0 Å². The van der Waals surface area contributed by atoms with Gasteiger partial charge < -0.3 is 29.2 Å². The molecular formula is C33H36BNO7. The molecule has 1 fully saturated rings. The summed E-state index contributed by atoms with van der Waals surface area (Å²) in [7, 11) is 0.796. The maximum Gasteiger partial charge on any atom is 0.492 e. The number of methoxy groups -OCH3 is 1. The van der Waals surface area contributed by atoms with Crippen LogP contribution in [-0.4, -0.2) is 55.8 Å². The van der Waals surface area contributed by atoms with Crippen molar-refractivity contribution < 1.29 is 33.5 Å². The number of benzene rings is 3. The smallest absolute Gasteiger partial charge is 0.492 e. The molecule has 1 heterocycles. The topological polar surface area (TPSA) is 103 Å². The number of nitrogens with one attached hydrogen (secondary N) is 1. The average molecular weight is 569 g/mol. The summed E-state index contributed by atoms with van der Waals surface area (Å²) in [5.41, 5.74) is 5.29. The lowest BCUT2D eigenvalue weighted by atomic mass is 9.76. The van der Waals surface area contributed by atoms with Gasteiger partial charge in [0.1, 0.15) is 12.4 Å². The number of carboxylic acid groups (broad SMARTS) is 1. The van der Waals surface area contributed by atoms with E-state index in [0.29, 0.717) is 22.3 Å². The van der Waals surface area contributed by atoms with Crippen LogP contribution in [0.4, 0.5) is 4.79 Å². The van der Waals surface area contributed by atoms with Gasteiger partial charge in [-0.15, -0.1) is 0 Å². The van der Waals surface area contributed by atoms with Crippen molar-refractivity contribution in [2.75, 3.05) is 20.3 Å². The van der Waals surface area contributed by atoms with E-state index in [4.69, 9.17) is 18.8 Å². The molecule has 0 spiro atoms. The lowest BCUT2D eigenvalue weighted by molar-refractivity contribution is -0.136. The molecule has 0 bridgehead atoms. The number of alkyl carbamates (subject to hydrolysis) is 1. The summed E-state index contributed by atoms with van der Waals surface area (Å²) >= 11 is 0. The monoisotopic (exact) mass is 569 g/mol. The molecule has 1 aliphatic carbocycles. The minimum atomic E-state index is -0.932. The molecule has 1 saturated heterocycles. The van der Waals surface area contributed by atoms with E-state index in [-0.39, 0.29) is 25.5 Å². The van der Waals surface area contributed by atoms with Crippen molar-refractivity contribution in [2.45, 2.75) is 51.2 Å². The van der Waals surface area contributed by atoms with Gasteiger partial charge in [-0.1, -0.05) is 60.7 Å². The van der Waals surface area contributed by atoms with E-state index in [1.807, 2.05) is 58.0 Å². The van der Waals surface area contributed by atoms with Gasteiger partial charge in [0.15, 0.2) is 0 Å². The lowest BCUT2D eigenvalue weighted by Crippen LogP contribution is -2.41. The molecular weight excluding hydrogens is 533 g/mol. The van der Waals surface area contributed by atoms with Gasteiger partial charge in [-0.3, -0.25) is 4.79 Å². The largest absolute Gasteiger partial charge is 0.496 e. The van der Waals surface area contributed by atoms with E-state index in [2.05, 4.69) is 29.6 Å². The fourth-order valence-electron chi connectivity index (χ4n) is 5.40. The van der Waals surface area contributed by atoms with Crippen molar-refractivity contribution >= 4 is 25.3 Å². The first kappa shape index (κ1) is 29.4. The molecule has 218 valence electrons. The van der Waals surface area contributed by atoms with Crippen molar-refractivity contribution in [3.8, 4) is 16.9 Å². The van der Waals surface area contributed by atoms with E-state index in [1.165, 1.54) is 0 Å². The minimum absolute atomic E-state index is 0.0532. The molecule has 0 atom stereocenters. The first-order valence-corrected chi connectivity index (χ1v) is 14.0. The zero-order valence-corrected chi connectivity index (χ0v) is 24.6. The van der Waals surface area contributed by atoms with Crippen LogP contribution in [0.5, 0.6) is 5.75 Å². The molecule has 1 amide bonds. The lowest BCUT2D eigenvalue weighted by Gasteiger charge is -2.32. The molecule has 42 heavy (non-hydrogen) atoms. The van der Waals surface area contributed by atoms with Crippen LogP contribution in [0.3, 0.4) is 0 Å². The first-order chi connectivity index (χ1) is 20.0. The standard InChI is InChI=1S/C33H36BNO7/c1-32(2)33(3,4)42-34(41-32)23(18-22-16-21(17-30(36)37)14-15-29(22)39-5)19-35-31(38)40-20-28-26-12-8-6-10-24(26)25-11-7-9-13-27(25)28/h6-16,18,28H,17,19-20H2,1-5H3,(H,35,38)(H,36,37). The minimum Gasteiger partial charge on any atom is -0.496 e. The van der Waals surface area contributed by atoms with Gasteiger partial charge in [-0.05, 0) is 73.1 Å². The van der Waals surface area contributed by atoms with Crippen molar-refractivity contribution in [3.63, 3.8) is 0 Å². The van der Waals surface area contributed by atoms with Crippen LogP contribution >= 0.6 is 0 Å². The van der Waals surface area contributed by atoms with Gasteiger partial charge in [-0.25, -0.2) is 4.79 Å². The molecule has 0 saturated carbocycles. The number of rotatable bonds is 9. The summed E-state index contributed by atoms with van der Waals surface area (Å²) < 4.78 is 23.9. The molecule has 9 heteroatoms. The highest BCUT2D eigenvalue weighted by Gasteiger charge is 2.52. The second-order valence-electron chi connectivity index (χ2n) is 11.6. The molecule has 2 N–H and O–H groups in total. The van der Waals surface area contributed by atoms with Crippen LogP contribution in [0.2, 0.25) is 0 Å². The second kappa shape index (κ2) is 11.7. The van der Waals surface area contributed by atoms with E-state index in [9.17, 15) is 14.7 Å². The summed E-state index contributed by atoms with van der Waals surface area (Å²) in [4.78, 5) is 24.3. The maximum absolute atomic E-state index is 13.0. The normalized spacial score (nSPS) is 17.0. The van der Waals surface area contributed by atoms with Crippen molar-refractivity contribution in [1.82, 2.24) is 5.32 Å². The third-order valence-corrected chi connectivity index (χ3v) is 8.33. The van der Waals surface area contributed by atoms with Crippen molar-refractivity contribution in [1.29, 1.82) is 0 Å². The summed E-state index contributed by atoms with van der Waals surface area (Å²) in [6.45, 7) is 8.10. The van der Waals surface area contributed by atoms with Crippen LogP contribution in [0, 0.1) is 0 Å². The van der Waals surface area contributed by atoms with Crippen molar-refractivity contribution in [3.05, 3.63) is 94.5 Å². The number of ether oxygens (including phenoxy) is 2. The molecule has 0 aromatic heterocycles. The predicted octanol–water partition coefficient (Wildman–Crippen LogP) is 5.88. The summed E-state index contributed by atoms with van der Waals surface area (Å²) in [5, 5.41) is 12.2. The SMILES string of the molecule is COc1ccc(CC(=O)O)cc1C=C(CNC(=O)OCC1c2ccccc2-c2ccccc21)B1OC(C)(C)C(C)(C)O1. The fourth-order valence-corrected chi connectivity index (χ4v) is 5.40. The number of hydrogen-bond acceptors (Lipinski definition) is 6. The van der Waals surface area contributed by atoms with E-state index < -0.39 is 30.4 Å². The number of hydrogen-bond donors (Lipinski definition) is 2. The zero-order valence-electron chi connectivity index (χ0n) is 24.6. The third kappa shape index (κ3) is 5.94. The maximum atomic E-state index is 13.0. The summed E-state index contributed by atoms with van der Waals surface area (Å²) in [6, 6.07) is 21.6. The number of fused-ring (bicyclic) bond motifs is 3. The Bertz CT molecular complexity index is 1470. The van der Waals surface area contributed by atoms with Gasteiger partial charge >= 0.3 is 19.2 Å². The van der Waals surface area contributed by atoms with Crippen molar-refractivity contribution in [2.24, 2.45) is 0 Å². The zero-order chi connectivity index (χ0) is 30.1. The van der Waals surface area contributed by atoms with Gasteiger partial charge in [0, 0.05) is 18.0 Å². The molecule has 1 aliphatic heterocycles. The van der Waals surface area contributed by atoms with E-state index in [0.717, 1.165) is 22.3 Å². The van der Waals surface area contributed by atoms with Gasteiger partial charge in [-0.2, -0.15) is 0 Å². The molecule has 8 nitrogen and oxygen atoms in total. The van der Waals surface area contributed by atoms with Crippen LogP contribution in [0.25, 0.3) is 17.2 Å².